The second-order valence-electron chi connectivity index (χ2n) is 5.09. The molecular formula is C14H21N3O2S. The molecular weight excluding hydrogens is 274 g/mol. The summed E-state index contributed by atoms with van der Waals surface area (Å²) < 4.78 is 5.19. The van der Waals surface area contributed by atoms with Gasteiger partial charge in [-0.25, -0.2) is 0 Å². The number of methoxy groups -OCH3 is 1. The van der Waals surface area contributed by atoms with Crippen molar-refractivity contribution in [3.05, 3.63) is 23.8 Å². The van der Waals surface area contributed by atoms with Gasteiger partial charge in [-0.15, -0.1) is 0 Å². The normalized spacial score (nSPS) is 10.8. The van der Waals surface area contributed by atoms with Gasteiger partial charge < -0.3 is 21.1 Å². The molecule has 1 rings (SSSR count). The Balaban J connectivity index is 2.96. The molecule has 0 unspecified atom stereocenters. The molecule has 0 aliphatic heterocycles. The van der Waals surface area contributed by atoms with Crippen molar-refractivity contribution >= 4 is 28.8 Å². The number of nitrogens with one attached hydrogen (secondary N) is 2. The fraction of sp³-hybridized carbons (Fsp3) is 0.429. The molecule has 5 nitrogen and oxygen atoms in total. The van der Waals surface area contributed by atoms with E-state index >= 15 is 0 Å². The summed E-state index contributed by atoms with van der Waals surface area (Å²) in [5.74, 6) is 0.662. The molecule has 0 atom stereocenters. The minimum atomic E-state index is -0.550. The molecule has 0 aliphatic carbocycles. The van der Waals surface area contributed by atoms with Gasteiger partial charge in [-0.2, -0.15) is 0 Å². The Morgan fingerprint density at radius 3 is 2.60 bits per heavy atom. The quantitative estimate of drug-likeness (QED) is 0.694. The van der Waals surface area contributed by atoms with Crippen molar-refractivity contribution in [1.29, 1.82) is 0 Å². The number of carbonyl (C=O) groups excluding carboxylic acids is 1. The molecule has 6 heteroatoms. The summed E-state index contributed by atoms with van der Waals surface area (Å²) in [6.07, 6.45) is 0. The number of benzene rings is 1. The zero-order chi connectivity index (χ0) is 15.3. The molecule has 0 aliphatic rings. The Morgan fingerprint density at radius 2 is 2.10 bits per heavy atom. The van der Waals surface area contributed by atoms with Crippen molar-refractivity contribution < 1.29 is 9.53 Å². The highest BCUT2D eigenvalue weighted by Crippen LogP contribution is 2.24. The van der Waals surface area contributed by atoms with Crippen LogP contribution in [0.1, 0.15) is 19.4 Å². The lowest BCUT2D eigenvalue weighted by Gasteiger charge is -2.24. The maximum Gasteiger partial charge on any atom is 0.227 e. The van der Waals surface area contributed by atoms with Gasteiger partial charge in [0.2, 0.25) is 5.91 Å². The summed E-state index contributed by atoms with van der Waals surface area (Å²) in [4.78, 5) is 12.1. The third-order valence-corrected chi connectivity index (χ3v) is 3.27. The average molecular weight is 295 g/mol. The van der Waals surface area contributed by atoms with Crippen LogP contribution in [0.4, 0.5) is 5.69 Å². The van der Waals surface area contributed by atoms with Gasteiger partial charge in [-0.1, -0.05) is 12.2 Å². The monoisotopic (exact) mass is 295 g/mol. The second kappa shape index (κ2) is 6.56. The number of rotatable bonds is 6. The van der Waals surface area contributed by atoms with E-state index in [1.165, 1.54) is 0 Å². The number of thiocarbonyl (C=S) groups is 1. The van der Waals surface area contributed by atoms with Gasteiger partial charge in [0.1, 0.15) is 10.7 Å². The first-order valence-corrected chi connectivity index (χ1v) is 6.66. The molecule has 0 bridgehead atoms. The number of amides is 1. The first kappa shape index (κ1) is 16.2. The highest BCUT2D eigenvalue weighted by Gasteiger charge is 2.26. The van der Waals surface area contributed by atoms with Crippen LogP contribution in [0.3, 0.4) is 0 Å². The van der Waals surface area contributed by atoms with Crippen LogP contribution in [0.2, 0.25) is 0 Å². The fourth-order valence-electron chi connectivity index (χ4n) is 1.75. The maximum absolute atomic E-state index is 11.8. The van der Waals surface area contributed by atoms with Gasteiger partial charge in [-0.3, -0.25) is 4.79 Å². The summed E-state index contributed by atoms with van der Waals surface area (Å²) in [6, 6.07) is 5.41. The van der Waals surface area contributed by atoms with E-state index in [2.05, 4.69) is 10.6 Å². The molecule has 0 spiro atoms. The second-order valence-corrected chi connectivity index (χ2v) is 5.53. The first-order chi connectivity index (χ1) is 9.31. The minimum absolute atomic E-state index is 0.0372. The lowest BCUT2D eigenvalue weighted by atomic mass is 9.92. The van der Waals surface area contributed by atoms with Crippen molar-refractivity contribution in [3.8, 4) is 5.75 Å². The Kier molecular flexibility index (Phi) is 5.33. The van der Waals surface area contributed by atoms with Crippen LogP contribution in [-0.4, -0.2) is 31.6 Å². The maximum atomic E-state index is 11.8. The third kappa shape index (κ3) is 3.84. The molecule has 0 saturated heterocycles. The predicted octanol–water partition coefficient (Wildman–Crippen LogP) is 1.51. The lowest BCUT2D eigenvalue weighted by molar-refractivity contribution is -0.128. The van der Waals surface area contributed by atoms with Gasteiger partial charge in [-0.05, 0) is 26.0 Å². The minimum Gasteiger partial charge on any atom is -0.497 e. The van der Waals surface area contributed by atoms with Gasteiger partial charge >= 0.3 is 0 Å². The molecule has 0 saturated carbocycles. The van der Waals surface area contributed by atoms with Crippen molar-refractivity contribution in [2.24, 2.45) is 11.1 Å². The van der Waals surface area contributed by atoms with Crippen LogP contribution in [0.25, 0.3) is 0 Å². The Bertz CT molecular complexity index is 515. The summed E-state index contributed by atoms with van der Waals surface area (Å²) in [5, 5.41) is 5.86. The zero-order valence-corrected chi connectivity index (χ0v) is 13.1. The molecule has 1 amide bonds. The molecule has 1 aromatic rings. The van der Waals surface area contributed by atoms with Gasteiger partial charge in [0.05, 0.1) is 12.5 Å². The van der Waals surface area contributed by atoms with Crippen molar-refractivity contribution in [3.63, 3.8) is 0 Å². The highest BCUT2D eigenvalue weighted by molar-refractivity contribution is 7.80. The standard InChI is InChI=1S/C14H21N3O2S/c1-14(2,13(18)16-3)8-17-11-7-9(19-4)5-6-10(11)12(15)20/h5-7,17H,8H2,1-4H3,(H2,15,20)(H,16,18). The molecule has 0 fully saturated rings. The molecule has 110 valence electrons. The van der Waals surface area contributed by atoms with Crippen molar-refractivity contribution in [1.82, 2.24) is 5.32 Å². The smallest absolute Gasteiger partial charge is 0.227 e. The van der Waals surface area contributed by atoms with E-state index in [0.29, 0.717) is 17.3 Å². The molecule has 0 radical (unpaired) electrons. The number of hydrogen-bond donors (Lipinski definition) is 3. The van der Waals surface area contributed by atoms with E-state index in [0.717, 1.165) is 11.3 Å². The van der Waals surface area contributed by atoms with E-state index in [1.807, 2.05) is 19.9 Å². The van der Waals surface area contributed by atoms with Crippen LogP contribution in [0, 0.1) is 5.41 Å². The van der Waals surface area contributed by atoms with Crippen molar-refractivity contribution in [2.75, 3.05) is 26.0 Å². The third-order valence-electron chi connectivity index (χ3n) is 3.05. The first-order valence-electron chi connectivity index (χ1n) is 6.25. The zero-order valence-electron chi connectivity index (χ0n) is 12.2. The van der Waals surface area contributed by atoms with E-state index < -0.39 is 5.41 Å². The summed E-state index contributed by atoms with van der Waals surface area (Å²) in [5.41, 5.74) is 6.64. The SMILES string of the molecule is CNC(=O)C(C)(C)CNc1cc(OC)ccc1C(N)=S. The number of anilines is 1. The topological polar surface area (TPSA) is 76.4 Å². The van der Waals surface area contributed by atoms with E-state index in [9.17, 15) is 4.79 Å². The number of carbonyl (C=O) groups is 1. The lowest BCUT2D eigenvalue weighted by Crippen LogP contribution is -2.39. The van der Waals surface area contributed by atoms with Crippen LogP contribution in [0.15, 0.2) is 18.2 Å². The molecule has 1 aromatic carbocycles. The van der Waals surface area contributed by atoms with Crippen LogP contribution >= 0.6 is 12.2 Å². The largest absolute Gasteiger partial charge is 0.497 e. The number of hydrogen-bond acceptors (Lipinski definition) is 4. The summed E-state index contributed by atoms with van der Waals surface area (Å²) in [6.45, 7) is 4.17. The Labute approximate surface area is 124 Å². The van der Waals surface area contributed by atoms with Crippen molar-refractivity contribution in [2.45, 2.75) is 13.8 Å². The molecule has 4 N–H and O–H groups in total. The van der Waals surface area contributed by atoms with Crippen LogP contribution in [0.5, 0.6) is 5.75 Å². The average Bonchev–Trinajstić information content (AvgIpc) is 2.43. The van der Waals surface area contributed by atoms with Crippen LogP contribution < -0.4 is 21.1 Å². The van der Waals surface area contributed by atoms with E-state index in [-0.39, 0.29) is 5.91 Å². The van der Waals surface area contributed by atoms with Crippen LogP contribution in [-0.2, 0) is 4.79 Å². The Hall–Kier alpha value is -1.82. The summed E-state index contributed by atoms with van der Waals surface area (Å²) in [7, 11) is 3.21. The molecule has 20 heavy (non-hydrogen) atoms. The molecule has 0 heterocycles. The van der Waals surface area contributed by atoms with E-state index in [1.54, 1.807) is 26.3 Å². The van der Waals surface area contributed by atoms with Gasteiger partial charge in [0, 0.05) is 30.9 Å². The highest BCUT2D eigenvalue weighted by atomic mass is 32.1. The van der Waals surface area contributed by atoms with Gasteiger partial charge in [0.15, 0.2) is 0 Å². The molecule has 0 aromatic heterocycles. The predicted molar refractivity (Wildman–Crippen MR) is 85.2 cm³/mol. The Morgan fingerprint density at radius 1 is 1.45 bits per heavy atom. The number of nitrogens with two attached hydrogens (primary N) is 1. The van der Waals surface area contributed by atoms with E-state index in [4.69, 9.17) is 22.7 Å². The summed E-state index contributed by atoms with van der Waals surface area (Å²) >= 11 is 5.03. The fourth-order valence-corrected chi connectivity index (χ4v) is 1.92. The number of ether oxygens (including phenoxy) is 1. The van der Waals surface area contributed by atoms with Gasteiger partial charge in [0.25, 0.3) is 0 Å².